The van der Waals surface area contributed by atoms with Gasteiger partial charge in [0, 0.05) is 12.5 Å². The summed E-state index contributed by atoms with van der Waals surface area (Å²) in [5.41, 5.74) is 1.01. The summed E-state index contributed by atoms with van der Waals surface area (Å²) in [5.74, 6) is 0.0116. The van der Waals surface area contributed by atoms with E-state index in [1.807, 2.05) is 13.8 Å². The van der Waals surface area contributed by atoms with Crippen LogP contribution in [0.1, 0.15) is 33.3 Å². The molecule has 0 aliphatic carbocycles. The molecule has 1 rings (SSSR count). The number of nitrogens with one attached hydrogen (secondary N) is 1. The molecule has 0 radical (unpaired) electrons. The molecule has 0 atom stereocenters. The Hall–Kier alpha value is -1.36. The van der Waals surface area contributed by atoms with E-state index in [1.165, 1.54) is 0 Å². The van der Waals surface area contributed by atoms with Crippen molar-refractivity contribution in [1.82, 2.24) is 5.32 Å². The maximum Gasteiger partial charge on any atom is 0.222 e. The Morgan fingerprint density at radius 3 is 2.10 bits per heavy atom. The minimum absolute atomic E-state index is 0.0199. The molecule has 1 aromatic carbocycles. The second-order valence-corrected chi connectivity index (χ2v) is 7.94. The molecule has 0 saturated heterocycles. The molecule has 0 unspecified atom stereocenters. The van der Waals surface area contributed by atoms with Gasteiger partial charge in [-0.2, -0.15) is 0 Å². The Balaban J connectivity index is 2.62. The van der Waals surface area contributed by atoms with Gasteiger partial charge >= 0.3 is 0 Å². The van der Waals surface area contributed by atoms with E-state index in [2.05, 4.69) is 5.32 Å². The minimum Gasteiger partial charge on any atom is -0.356 e. The first-order valence-corrected chi connectivity index (χ1v) is 8.40. The number of hydrogen-bond donors (Lipinski definition) is 1. The predicted octanol–water partition coefficient (Wildman–Crippen LogP) is 2.18. The predicted molar refractivity (Wildman–Crippen MR) is 80.3 cm³/mol. The summed E-state index contributed by atoms with van der Waals surface area (Å²) in [6, 6.07) is 6.87. The van der Waals surface area contributed by atoms with Crippen LogP contribution < -0.4 is 5.32 Å². The summed E-state index contributed by atoms with van der Waals surface area (Å²) in [4.78, 5) is 11.8. The van der Waals surface area contributed by atoms with Gasteiger partial charge in [-0.25, -0.2) is 8.42 Å². The van der Waals surface area contributed by atoms with Crippen LogP contribution in [0, 0.1) is 5.92 Å². The maximum absolute atomic E-state index is 12.0. The Labute approximate surface area is 121 Å². The lowest BCUT2D eigenvalue weighted by Gasteiger charge is -2.10. The first-order chi connectivity index (χ1) is 9.25. The Bertz CT molecular complexity index is 545. The first-order valence-electron chi connectivity index (χ1n) is 6.85. The maximum atomic E-state index is 12.0. The number of carbonyl (C=O) groups is 1. The zero-order valence-electron chi connectivity index (χ0n) is 12.5. The highest BCUT2D eigenvalue weighted by atomic mass is 32.2. The van der Waals surface area contributed by atoms with Crippen LogP contribution in [-0.4, -0.2) is 26.1 Å². The standard InChI is InChI=1S/C15H23NO3S/c1-11(2)15(17)16-10-9-13-5-7-14(8-6-13)20(18,19)12(3)4/h5-8,11-12H,9-10H2,1-4H3,(H,16,17). The fourth-order valence-corrected chi connectivity index (χ4v) is 2.71. The van der Waals surface area contributed by atoms with Crippen LogP contribution in [-0.2, 0) is 21.1 Å². The van der Waals surface area contributed by atoms with Crippen molar-refractivity contribution in [3.05, 3.63) is 29.8 Å². The molecule has 4 nitrogen and oxygen atoms in total. The fraction of sp³-hybridized carbons (Fsp3) is 0.533. The van der Waals surface area contributed by atoms with Crippen molar-refractivity contribution >= 4 is 15.7 Å². The van der Waals surface area contributed by atoms with Crippen LogP contribution in [0.3, 0.4) is 0 Å². The lowest BCUT2D eigenvalue weighted by molar-refractivity contribution is -0.123. The van der Waals surface area contributed by atoms with Crippen LogP contribution in [0.25, 0.3) is 0 Å². The number of benzene rings is 1. The lowest BCUT2D eigenvalue weighted by Crippen LogP contribution is -2.29. The van der Waals surface area contributed by atoms with Gasteiger partial charge in [0.15, 0.2) is 9.84 Å². The summed E-state index contributed by atoms with van der Waals surface area (Å²) in [5, 5.41) is 2.42. The van der Waals surface area contributed by atoms with Crippen LogP contribution in [0.15, 0.2) is 29.2 Å². The molecule has 1 aromatic rings. The summed E-state index contributed by atoms with van der Waals surface area (Å²) >= 11 is 0. The van der Waals surface area contributed by atoms with Gasteiger partial charge in [-0.15, -0.1) is 0 Å². The summed E-state index contributed by atoms with van der Waals surface area (Å²) in [7, 11) is -3.21. The molecule has 0 heterocycles. The molecule has 0 aliphatic heterocycles. The summed E-state index contributed by atoms with van der Waals surface area (Å²) in [6.07, 6.45) is 0.695. The molecule has 1 N–H and O–H groups in total. The van der Waals surface area contributed by atoms with Crippen LogP contribution >= 0.6 is 0 Å². The van der Waals surface area contributed by atoms with Gasteiger partial charge in [0.1, 0.15) is 0 Å². The van der Waals surface area contributed by atoms with Gasteiger partial charge in [-0.3, -0.25) is 4.79 Å². The van der Waals surface area contributed by atoms with Crippen LogP contribution in [0.5, 0.6) is 0 Å². The molecule has 0 bridgehead atoms. The van der Waals surface area contributed by atoms with E-state index in [0.29, 0.717) is 17.9 Å². The second kappa shape index (κ2) is 6.88. The Kier molecular flexibility index (Phi) is 5.74. The average Bonchev–Trinajstić information content (AvgIpc) is 2.38. The van der Waals surface area contributed by atoms with Gasteiger partial charge in [0.25, 0.3) is 0 Å². The molecular weight excluding hydrogens is 274 g/mol. The Morgan fingerprint density at radius 2 is 1.65 bits per heavy atom. The first kappa shape index (κ1) is 16.7. The highest BCUT2D eigenvalue weighted by Crippen LogP contribution is 2.16. The molecule has 0 saturated carbocycles. The largest absolute Gasteiger partial charge is 0.356 e. The van der Waals surface area contributed by atoms with Crippen molar-refractivity contribution in [2.24, 2.45) is 5.92 Å². The third-order valence-electron chi connectivity index (χ3n) is 3.11. The molecule has 0 fully saturated rings. The number of amides is 1. The molecule has 1 amide bonds. The van der Waals surface area contributed by atoms with Gasteiger partial charge in [0.2, 0.25) is 5.91 Å². The van der Waals surface area contributed by atoms with E-state index >= 15 is 0 Å². The molecule has 0 spiro atoms. The van der Waals surface area contributed by atoms with Crippen LogP contribution in [0.2, 0.25) is 0 Å². The van der Waals surface area contributed by atoms with E-state index in [0.717, 1.165) is 5.56 Å². The highest BCUT2D eigenvalue weighted by Gasteiger charge is 2.18. The molecule has 0 aliphatic rings. The van der Waals surface area contributed by atoms with Crippen molar-refractivity contribution in [3.63, 3.8) is 0 Å². The van der Waals surface area contributed by atoms with E-state index in [-0.39, 0.29) is 11.8 Å². The average molecular weight is 297 g/mol. The van der Waals surface area contributed by atoms with Crippen molar-refractivity contribution in [1.29, 1.82) is 0 Å². The van der Waals surface area contributed by atoms with Gasteiger partial charge in [0.05, 0.1) is 10.1 Å². The monoisotopic (exact) mass is 297 g/mol. The number of sulfone groups is 1. The fourth-order valence-electron chi connectivity index (χ4n) is 1.65. The highest BCUT2D eigenvalue weighted by molar-refractivity contribution is 7.92. The van der Waals surface area contributed by atoms with Gasteiger partial charge in [-0.1, -0.05) is 26.0 Å². The topological polar surface area (TPSA) is 63.2 Å². The summed E-state index contributed by atoms with van der Waals surface area (Å²) in [6.45, 7) is 7.60. The Morgan fingerprint density at radius 1 is 1.10 bits per heavy atom. The number of rotatable bonds is 6. The van der Waals surface area contributed by atoms with E-state index in [9.17, 15) is 13.2 Å². The van der Waals surface area contributed by atoms with Crippen molar-refractivity contribution in [2.45, 2.75) is 44.3 Å². The zero-order valence-corrected chi connectivity index (χ0v) is 13.3. The molecule has 112 valence electrons. The van der Waals surface area contributed by atoms with E-state index in [4.69, 9.17) is 0 Å². The third kappa shape index (κ3) is 4.34. The van der Waals surface area contributed by atoms with Crippen molar-refractivity contribution in [2.75, 3.05) is 6.54 Å². The summed E-state index contributed by atoms with van der Waals surface area (Å²) < 4.78 is 23.9. The van der Waals surface area contributed by atoms with E-state index < -0.39 is 15.1 Å². The second-order valence-electron chi connectivity index (χ2n) is 5.43. The molecular formula is C15H23NO3S. The number of carbonyl (C=O) groups excluding carboxylic acids is 1. The van der Waals surface area contributed by atoms with Gasteiger partial charge < -0.3 is 5.32 Å². The van der Waals surface area contributed by atoms with E-state index in [1.54, 1.807) is 38.1 Å². The number of hydrogen-bond acceptors (Lipinski definition) is 3. The zero-order chi connectivity index (χ0) is 15.3. The van der Waals surface area contributed by atoms with Crippen LogP contribution in [0.4, 0.5) is 0 Å². The SMILES string of the molecule is CC(C)C(=O)NCCc1ccc(S(=O)(=O)C(C)C)cc1. The third-order valence-corrected chi connectivity index (χ3v) is 5.28. The molecule has 5 heteroatoms. The smallest absolute Gasteiger partial charge is 0.222 e. The molecule has 0 aromatic heterocycles. The quantitative estimate of drug-likeness (QED) is 0.875. The lowest BCUT2D eigenvalue weighted by atomic mass is 10.1. The van der Waals surface area contributed by atoms with Crippen molar-refractivity contribution < 1.29 is 13.2 Å². The molecule has 20 heavy (non-hydrogen) atoms. The normalized spacial score (nSPS) is 11.9. The van der Waals surface area contributed by atoms with Gasteiger partial charge in [-0.05, 0) is 38.0 Å². The van der Waals surface area contributed by atoms with Crippen molar-refractivity contribution in [3.8, 4) is 0 Å². The minimum atomic E-state index is -3.21.